The Labute approximate surface area is 56.4 Å². The molecule has 1 saturated carbocycles. The number of ether oxygens (including phenoxy) is 1. The van der Waals surface area contributed by atoms with Gasteiger partial charge in [-0.05, 0) is 12.3 Å². The van der Waals surface area contributed by atoms with Gasteiger partial charge in [-0.15, -0.1) is 0 Å². The molecule has 1 heteroatoms. The van der Waals surface area contributed by atoms with Crippen molar-refractivity contribution in [3.8, 4) is 0 Å². The average Bonchev–Trinajstić information content (AvgIpc) is 2.44. The van der Waals surface area contributed by atoms with Crippen molar-refractivity contribution in [1.29, 1.82) is 0 Å². The molecular formula is C8H14O. The molecule has 1 heterocycles. The summed E-state index contributed by atoms with van der Waals surface area (Å²) in [4.78, 5) is 0. The predicted octanol–water partition coefficient (Wildman–Crippen LogP) is 1.82. The van der Waals surface area contributed by atoms with Crippen LogP contribution in [0.2, 0.25) is 0 Å². The molecule has 0 unspecified atom stereocenters. The van der Waals surface area contributed by atoms with E-state index < -0.39 is 0 Å². The topological polar surface area (TPSA) is 9.23 Å². The van der Waals surface area contributed by atoms with E-state index in [1.807, 2.05) is 0 Å². The summed E-state index contributed by atoms with van der Waals surface area (Å²) in [6.07, 6.45) is 5.93. The summed E-state index contributed by atoms with van der Waals surface area (Å²) in [6.45, 7) is 2.10. The smallest absolute Gasteiger partial charge is 0.0516 e. The maximum absolute atomic E-state index is 5.09. The molecule has 0 spiro atoms. The fraction of sp³-hybridized carbons (Fsp3) is 1.00. The van der Waals surface area contributed by atoms with E-state index in [9.17, 15) is 0 Å². The molecule has 2 rings (SSSR count). The highest BCUT2D eigenvalue weighted by molar-refractivity contribution is 4.75. The zero-order valence-electron chi connectivity index (χ0n) is 5.81. The van der Waals surface area contributed by atoms with Crippen molar-refractivity contribution in [2.24, 2.45) is 11.8 Å². The number of hydrogen-bond acceptors (Lipinski definition) is 1. The van der Waals surface area contributed by atoms with Crippen LogP contribution in [0.5, 0.6) is 0 Å². The molecule has 0 N–H and O–H groups in total. The largest absolute Gasteiger partial charge is 0.381 e. The van der Waals surface area contributed by atoms with E-state index in [2.05, 4.69) is 0 Å². The Kier molecular flexibility index (Phi) is 1.46. The van der Waals surface area contributed by atoms with Crippen LogP contribution in [0.1, 0.15) is 25.7 Å². The molecular weight excluding hydrogens is 112 g/mol. The van der Waals surface area contributed by atoms with Gasteiger partial charge >= 0.3 is 0 Å². The van der Waals surface area contributed by atoms with Gasteiger partial charge in [0.2, 0.25) is 0 Å². The van der Waals surface area contributed by atoms with Gasteiger partial charge in [0.15, 0.2) is 0 Å². The molecule has 9 heavy (non-hydrogen) atoms. The Hall–Kier alpha value is -0.0400. The Morgan fingerprint density at radius 3 is 2.11 bits per heavy atom. The molecule has 1 nitrogen and oxygen atoms in total. The molecule has 1 aliphatic carbocycles. The van der Waals surface area contributed by atoms with E-state index in [0.29, 0.717) is 0 Å². The van der Waals surface area contributed by atoms with E-state index in [4.69, 9.17) is 4.74 Å². The summed E-state index contributed by atoms with van der Waals surface area (Å²) in [7, 11) is 0. The van der Waals surface area contributed by atoms with Gasteiger partial charge in [-0.25, -0.2) is 0 Å². The van der Waals surface area contributed by atoms with Gasteiger partial charge in [-0.3, -0.25) is 0 Å². The Morgan fingerprint density at radius 1 is 1.00 bits per heavy atom. The number of rotatable bonds is 3. The normalized spacial score (nSPS) is 28.0. The van der Waals surface area contributed by atoms with Crippen LogP contribution in [-0.4, -0.2) is 13.2 Å². The SMILES string of the molecule is C1CC1CCC1COC1. The van der Waals surface area contributed by atoms with Crippen LogP contribution in [0.25, 0.3) is 0 Å². The van der Waals surface area contributed by atoms with Crippen molar-refractivity contribution in [2.75, 3.05) is 13.2 Å². The van der Waals surface area contributed by atoms with Gasteiger partial charge < -0.3 is 4.74 Å². The summed E-state index contributed by atoms with van der Waals surface area (Å²) < 4.78 is 5.09. The van der Waals surface area contributed by atoms with E-state index in [-0.39, 0.29) is 0 Å². The molecule has 0 aromatic carbocycles. The first-order valence-corrected chi connectivity index (χ1v) is 4.03. The van der Waals surface area contributed by atoms with Crippen molar-refractivity contribution < 1.29 is 4.74 Å². The maximum atomic E-state index is 5.09. The van der Waals surface area contributed by atoms with Crippen LogP contribution >= 0.6 is 0 Å². The first kappa shape index (κ1) is 5.72. The molecule has 0 amide bonds. The second kappa shape index (κ2) is 2.30. The first-order chi connectivity index (χ1) is 4.45. The summed E-state index contributed by atoms with van der Waals surface area (Å²) >= 11 is 0. The lowest BCUT2D eigenvalue weighted by atomic mass is 10.0. The van der Waals surface area contributed by atoms with Crippen molar-refractivity contribution in [3.63, 3.8) is 0 Å². The van der Waals surface area contributed by atoms with Crippen molar-refractivity contribution in [2.45, 2.75) is 25.7 Å². The third-order valence-electron chi connectivity index (χ3n) is 2.39. The predicted molar refractivity (Wildman–Crippen MR) is 36.3 cm³/mol. The molecule has 2 aliphatic rings. The summed E-state index contributed by atoms with van der Waals surface area (Å²) in [5, 5.41) is 0. The highest BCUT2D eigenvalue weighted by atomic mass is 16.5. The van der Waals surface area contributed by atoms with Crippen LogP contribution in [-0.2, 0) is 4.74 Å². The summed E-state index contributed by atoms with van der Waals surface area (Å²) in [5.74, 6) is 2.05. The van der Waals surface area contributed by atoms with Gasteiger partial charge in [0.1, 0.15) is 0 Å². The van der Waals surface area contributed by atoms with Gasteiger partial charge in [-0.1, -0.05) is 19.3 Å². The van der Waals surface area contributed by atoms with Crippen molar-refractivity contribution in [1.82, 2.24) is 0 Å². The van der Waals surface area contributed by atoms with Gasteiger partial charge in [0, 0.05) is 5.92 Å². The molecule has 2 fully saturated rings. The minimum atomic E-state index is 0.936. The van der Waals surface area contributed by atoms with E-state index in [1.165, 1.54) is 25.7 Å². The maximum Gasteiger partial charge on any atom is 0.0516 e. The monoisotopic (exact) mass is 126 g/mol. The molecule has 0 aromatic rings. The minimum Gasteiger partial charge on any atom is -0.381 e. The van der Waals surface area contributed by atoms with E-state index in [0.717, 1.165) is 25.0 Å². The third kappa shape index (κ3) is 1.45. The Bertz CT molecular complexity index is 92.7. The van der Waals surface area contributed by atoms with Gasteiger partial charge in [0.25, 0.3) is 0 Å². The zero-order valence-corrected chi connectivity index (χ0v) is 5.81. The fourth-order valence-electron chi connectivity index (χ4n) is 1.33. The van der Waals surface area contributed by atoms with Crippen LogP contribution in [0.15, 0.2) is 0 Å². The Morgan fingerprint density at radius 2 is 1.67 bits per heavy atom. The third-order valence-corrected chi connectivity index (χ3v) is 2.39. The zero-order chi connectivity index (χ0) is 6.10. The Balaban J connectivity index is 1.55. The van der Waals surface area contributed by atoms with Crippen LogP contribution in [0.4, 0.5) is 0 Å². The molecule has 1 aliphatic heterocycles. The lowest BCUT2D eigenvalue weighted by Gasteiger charge is -2.25. The van der Waals surface area contributed by atoms with Crippen LogP contribution in [0, 0.1) is 11.8 Å². The summed E-state index contributed by atoms with van der Waals surface area (Å²) in [6, 6.07) is 0. The second-order valence-electron chi connectivity index (χ2n) is 3.42. The van der Waals surface area contributed by atoms with Crippen LogP contribution in [0.3, 0.4) is 0 Å². The number of hydrogen-bond donors (Lipinski definition) is 0. The van der Waals surface area contributed by atoms with Crippen LogP contribution < -0.4 is 0 Å². The molecule has 0 radical (unpaired) electrons. The molecule has 0 aromatic heterocycles. The fourth-order valence-corrected chi connectivity index (χ4v) is 1.33. The van der Waals surface area contributed by atoms with E-state index in [1.54, 1.807) is 0 Å². The summed E-state index contributed by atoms with van der Waals surface area (Å²) in [5.41, 5.74) is 0. The lowest BCUT2D eigenvalue weighted by molar-refractivity contribution is -0.0367. The van der Waals surface area contributed by atoms with Crippen molar-refractivity contribution in [3.05, 3.63) is 0 Å². The molecule has 0 bridgehead atoms. The standard InChI is InChI=1S/C8H14O/c1-2-7(1)3-4-8-5-9-6-8/h7-8H,1-6H2. The molecule has 0 atom stereocenters. The minimum absolute atomic E-state index is 0.936. The lowest BCUT2D eigenvalue weighted by Crippen LogP contribution is -2.27. The van der Waals surface area contributed by atoms with E-state index >= 15 is 0 Å². The average molecular weight is 126 g/mol. The first-order valence-electron chi connectivity index (χ1n) is 4.03. The van der Waals surface area contributed by atoms with Crippen molar-refractivity contribution >= 4 is 0 Å². The van der Waals surface area contributed by atoms with Gasteiger partial charge in [0.05, 0.1) is 13.2 Å². The molecule has 1 saturated heterocycles. The second-order valence-corrected chi connectivity index (χ2v) is 3.42. The molecule has 52 valence electrons. The highest BCUT2D eigenvalue weighted by Crippen LogP contribution is 2.35. The highest BCUT2D eigenvalue weighted by Gasteiger charge is 2.25. The quantitative estimate of drug-likeness (QED) is 0.560. The van der Waals surface area contributed by atoms with Gasteiger partial charge in [-0.2, -0.15) is 0 Å².